The summed E-state index contributed by atoms with van der Waals surface area (Å²) in [6, 6.07) is 0.0173. The van der Waals surface area contributed by atoms with E-state index in [1.165, 1.54) is 5.06 Å². The van der Waals surface area contributed by atoms with Gasteiger partial charge in [-0.1, -0.05) is 0 Å². The highest BCUT2D eigenvalue weighted by Crippen LogP contribution is 2.28. The van der Waals surface area contributed by atoms with Gasteiger partial charge in [0.25, 0.3) is 0 Å². The van der Waals surface area contributed by atoms with Gasteiger partial charge < -0.3 is 19.8 Å². The molecular formula is C8H12N2O6. The highest BCUT2D eigenvalue weighted by atomic mass is 16.8. The third-order valence-corrected chi connectivity index (χ3v) is 2.77. The van der Waals surface area contributed by atoms with Gasteiger partial charge >= 0.3 is 12.3 Å². The molecule has 2 rings (SSSR count). The molecule has 0 aromatic carbocycles. The maximum Gasteiger partial charge on any atom is 0.525 e. The fraction of sp³-hybridized carbons (Fsp3) is 0.750. The number of rotatable bonds is 2. The van der Waals surface area contributed by atoms with Crippen molar-refractivity contribution in [3.63, 3.8) is 0 Å². The lowest BCUT2D eigenvalue weighted by Gasteiger charge is -2.16. The SMILES string of the molecule is O=C(O)OC1CC2CN(OC(=O)O)CC2N1. The second-order valence-electron chi connectivity index (χ2n) is 3.85. The summed E-state index contributed by atoms with van der Waals surface area (Å²) in [7, 11) is 0. The highest BCUT2D eigenvalue weighted by molar-refractivity contribution is 5.57. The summed E-state index contributed by atoms with van der Waals surface area (Å²) in [5.41, 5.74) is 0. The molecule has 0 radical (unpaired) electrons. The molecule has 0 saturated carbocycles. The van der Waals surface area contributed by atoms with Gasteiger partial charge in [0, 0.05) is 19.0 Å². The zero-order chi connectivity index (χ0) is 11.7. The molecule has 0 aromatic rings. The van der Waals surface area contributed by atoms with Crippen LogP contribution in [0.15, 0.2) is 0 Å². The molecule has 0 bridgehead atoms. The Balaban J connectivity index is 1.81. The van der Waals surface area contributed by atoms with Crippen molar-refractivity contribution in [3.05, 3.63) is 0 Å². The fourth-order valence-corrected chi connectivity index (χ4v) is 2.23. The van der Waals surface area contributed by atoms with Crippen LogP contribution in [0.5, 0.6) is 0 Å². The van der Waals surface area contributed by atoms with Crippen molar-refractivity contribution in [1.82, 2.24) is 10.4 Å². The van der Waals surface area contributed by atoms with Crippen molar-refractivity contribution in [2.45, 2.75) is 18.7 Å². The van der Waals surface area contributed by atoms with Gasteiger partial charge in [-0.15, -0.1) is 5.06 Å². The molecule has 3 N–H and O–H groups in total. The van der Waals surface area contributed by atoms with E-state index in [9.17, 15) is 9.59 Å². The third-order valence-electron chi connectivity index (χ3n) is 2.77. The first kappa shape index (κ1) is 11.0. The first-order chi connectivity index (χ1) is 7.54. The number of nitrogens with one attached hydrogen (secondary N) is 1. The van der Waals surface area contributed by atoms with Crippen molar-refractivity contribution in [1.29, 1.82) is 0 Å². The second-order valence-corrected chi connectivity index (χ2v) is 3.85. The topological polar surface area (TPSA) is 108 Å². The average Bonchev–Trinajstić information content (AvgIpc) is 2.58. The largest absolute Gasteiger partial charge is 0.525 e. The van der Waals surface area contributed by atoms with Crippen LogP contribution in [-0.4, -0.2) is 52.9 Å². The van der Waals surface area contributed by atoms with Crippen LogP contribution in [0.3, 0.4) is 0 Å². The molecule has 2 saturated heterocycles. The van der Waals surface area contributed by atoms with E-state index in [2.05, 4.69) is 14.9 Å². The first-order valence-corrected chi connectivity index (χ1v) is 4.86. The van der Waals surface area contributed by atoms with Gasteiger partial charge in [0.05, 0.1) is 6.54 Å². The number of hydrogen-bond acceptors (Lipinski definition) is 6. The van der Waals surface area contributed by atoms with Gasteiger partial charge in [-0.3, -0.25) is 5.32 Å². The molecule has 90 valence electrons. The molecule has 8 nitrogen and oxygen atoms in total. The molecule has 2 aliphatic heterocycles. The average molecular weight is 232 g/mol. The highest BCUT2D eigenvalue weighted by Gasteiger charge is 2.43. The second kappa shape index (κ2) is 4.14. The van der Waals surface area contributed by atoms with Gasteiger partial charge in [-0.2, -0.15) is 0 Å². The fourth-order valence-electron chi connectivity index (χ4n) is 2.23. The Bertz CT molecular complexity index is 267. The molecule has 0 amide bonds. The molecule has 3 unspecified atom stereocenters. The summed E-state index contributed by atoms with van der Waals surface area (Å²) in [6.07, 6.45) is -2.61. The lowest BCUT2D eigenvalue weighted by atomic mass is 10.1. The lowest BCUT2D eigenvalue weighted by Crippen LogP contribution is -2.37. The minimum Gasteiger partial charge on any atom is -0.450 e. The summed E-state index contributed by atoms with van der Waals surface area (Å²) < 4.78 is 4.59. The van der Waals surface area contributed by atoms with Crippen molar-refractivity contribution in [2.75, 3.05) is 13.1 Å². The van der Waals surface area contributed by atoms with Crippen LogP contribution in [0, 0.1) is 5.92 Å². The van der Waals surface area contributed by atoms with E-state index in [0.29, 0.717) is 19.5 Å². The lowest BCUT2D eigenvalue weighted by molar-refractivity contribution is -0.109. The first-order valence-electron chi connectivity index (χ1n) is 4.86. The standard InChI is InChI=1S/C8H12N2O6/c11-7(12)15-6-1-4-2-10(16-8(13)14)3-5(4)9-6/h4-6,9H,1-3H2,(H,11,12)(H,13,14). The summed E-state index contributed by atoms with van der Waals surface area (Å²) in [5, 5.41) is 21.2. The molecule has 0 spiro atoms. The molecular weight excluding hydrogens is 220 g/mol. The number of ether oxygens (including phenoxy) is 1. The Morgan fingerprint density at radius 1 is 1.25 bits per heavy atom. The Hall–Kier alpha value is -1.54. The Morgan fingerprint density at radius 2 is 2.00 bits per heavy atom. The molecule has 2 fully saturated rings. The number of hydrogen-bond donors (Lipinski definition) is 3. The normalized spacial score (nSPS) is 33.4. The Kier molecular flexibility index (Phi) is 2.84. The van der Waals surface area contributed by atoms with E-state index in [4.69, 9.17) is 10.2 Å². The van der Waals surface area contributed by atoms with E-state index in [0.717, 1.165) is 0 Å². The molecule has 0 aromatic heterocycles. The van der Waals surface area contributed by atoms with Crippen LogP contribution in [0.25, 0.3) is 0 Å². The van der Waals surface area contributed by atoms with Gasteiger partial charge in [-0.05, 0) is 5.92 Å². The van der Waals surface area contributed by atoms with Crippen LogP contribution < -0.4 is 5.32 Å². The van der Waals surface area contributed by atoms with Gasteiger partial charge in [-0.25, -0.2) is 9.59 Å². The molecule has 0 aliphatic carbocycles. The molecule has 3 atom stereocenters. The Morgan fingerprint density at radius 3 is 2.56 bits per heavy atom. The predicted octanol–water partition coefficient (Wildman–Crippen LogP) is -0.0896. The van der Waals surface area contributed by atoms with Crippen LogP contribution in [0.2, 0.25) is 0 Å². The van der Waals surface area contributed by atoms with Gasteiger partial charge in [0.1, 0.15) is 0 Å². The number of carboxylic acid groups (broad SMARTS) is 2. The monoisotopic (exact) mass is 232 g/mol. The maximum absolute atomic E-state index is 10.3. The third kappa shape index (κ3) is 2.34. The summed E-state index contributed by atoms with van der Waals surface area (Å²) in [6.45, 7) is 0.875. The van der Waals surface area contributed by atoms with Crippen molar-refractivity contribution < 1.29 is 29.4 Å². The van der Waals surface area contributed by atoms with E-state index in [1.807, 2.05) is 0 Å². The van der Waals surface area contributed by atoms with E-state index in [-0.39, 0.29) is 12.0 Å². The van der Waals surface area contributed by atoms with Crippen molar-refractivity contribution in [3.8, 4) is 0 Å². The van der Waals surface area contributed by atoms with Crippen LogP contribution in [-0.2, 0) is 9.57 Å². The molecule has 2 heterocycles. The van der Waals surface area contributed by atoms with Crippen LogP contribution >= 0.6 is 0 Å². The molecule has 2 aliphatic rings. The quantitative estimate of drug-likeness (QED) is 0.567. The minimum atomic E-state index is -1.33. The number of nitrogens with zero attached hydrogens (tertiary/aromatic N) is 1. The number of fused-ring (bicyclic) bond motifs is 1. The minimum absolute atomic E-state index is 0.0173. The Labute approximate surface area is 90.7 Å². The van der Waals surface area contributed by atoms with Crippen molar-refractivity contribution in [2.24, 2.45) is 5.92 Å². The smallest absolute Gasteiger partial charge is 0.450 e. The summed E-state index contributed by atoms with van der Waals surface area (Å²) >= 11 is 0. The van der Waals surface area contributed by atoms with Crippen molar-refractivity contribution >= 4 is 12.3 Å². The van der Waals surface area contributed by atoms with Crippen LogP contribution in [0.4, 0.5) is 9.59 Å². The zero-order valence-electron chi connectivity index (χ0n) is 8.33. The zero-order valence-corrected chi connectivity index (χ0v) is 8.33. The summed E-state index contributed by atoms with van der Waals surface area (Å²) in [5.74, 6) is 0.156. The maximum atomic E-state index is 10.3. The summed E-state index contributed by atoms with van der Waals surface area (Å²) in [4.78, 5) is 25.1. The number of hydroxylamine groups is 2. The molecule has 16 heavy (non-hydrogen) atoms. The van der Waals surface area contributed by atoms with Gasteiger partial charge in [0.2, 0.25) is 0 Å². The van der Waals surface area contributed by atoms with E-state index < -0.39 is 18.5 Å². The van der Waals surface area contributed by atoms with E-state index in [1.54, 1.807) is 0 Å². The predicted molar refractivity (Wildman–Crippen MR) is 48.6 cm³/mol. The van der Waals surface area contributed by atoms with Gasteiger partial charge in [0.15, 0.2) is 6.23 Å². The van der Waals surface area contributed by atoms with E-state index >= 15 is 0 Å². The van der Waals surface area contributed by atoms with Crippen LogP contribution in [0.1, 0.15) is 6.42 Å². The molecule has 8 heteroatoms. The number of carbonyl (C=O) groups is 2.